The molecule has 0 saturated heterocycles. The van der Waals surface area contributed by atoms with E-state index < -0.39 is 0 Å². The molecule has 0 heterocycles. The van der Waals surface area contributed by atoms with Crippen LogP contribution in [0.25, 0.3) is 0 Å². The van der Waals surface area contributed by atoms with E-state index in [9.17, 15) is 4.79 Å². The van der Waals surface area contributed by atoms with Crippen molar-refractivity contribution in [2.45, 2.75) is 38.5 Å². The summed E-state index contributed by atoms with van der Waals surface area (Å²) in [5.74, 6) is 1.73. The van der Waals surface area contributed by atoms with Gasteiger partial charge in [0.1, 0.15) is 0 Å². The highest BCUT2D eigenvalue weighted by Gasteiger charge is 2.36. The molecule has 2 aliphatic carbocycles. The predicted molar refractivity (Wildman–Crippen MR) is 43.9 cm³/mol. The van der Waals surface area contributed by atoms with E-state index in [1.807, 2.05) is 0 Å². The quantitative estimate of drug-likeness (QED) is 0.562. The largest absolute Gasteiger partial charge is 0.291 e. The molecule has 0 atom stereocenters. The molecule has 0 unspecified atom stereocenters. The normalized spacial score (nSPS) is 43.5. The molecule has 11 heavy (non-hydrogen) atoms. The molecule has 0 aliphatic heterocycles. The first-order chi connectivity index (χ1) is 5.42. The Morgan fingerprint density at radius 2 is 1.36 bits per heavy atom. The third-order valence-corrected chi connectivity index (χ3v) is 3.45. The lowest BCUT2D eigenvalue weighted by Crippen LogP contribution is -2.33. The van der Waals surface area contributed by atoms with Gasteiger partial charge in [0.15, 0.2) is 0 Å². The molecule has 2 aliphatic rings. The van der Waals surface area contributed by atoms with Crippen LogP contribution in [0.5, 0.6) is 0 Å². The highest BCUT2D eigenvalue weighted by Crippen LogP contribution is 2.43. The molecule has 1 radical (unpaired) electrons. The molecule has 0 aromatic rings. The molecule has 0 N–H and O–H groups in total. The lowest BCUT2D eigenvalue weighted by Gasteiger charge is -2.39. The van der Waals surface area contributed by atoms with E-state index in [4.69, 9.17) is 0 Å². The zero-order valence-electron chi connectivity index (χ0n) is 6.88. The summed E-state index contributed by atoms with van der Waals surface area (Å²) in [6.45, 7) is 0. The second-order valence-electron chi connectivity index (χ2n) is 4.03. The van der Waals surface area contributed by atoms with E-state index in [-0.39, 0.29) is 0 Å². The maximum Gasteiger partial charge on any atom is 0.202 e. The number of rotatable bonds is 1. The fourth-order valence-corrected chi connectivity index (χ4v) is 2.87. The van der Waals surface area contributed by atoms with Gasteiger partial charge in [-0.3, -0.25) is 4.79 Å². The highest BCUT2D eigenvalue weighted by molar-refractivity contribution is 5.56. The monoisotopic (exact) mass is 151 g/mol. The van der Waals surface area contributed by atoms with Crippen LogP contribution in [0.2, 0.25) is 0 Å². The predicted octanol–water partition coefficient (Wildman–Crippen LogP) is 2.31. The Morgan fingerprint density at radius 3 is 1.64 bits per heavy atom. The van der Waals surface area contributed by atoms with E-state index in [1.54, 1.807) is 0 Å². The van der Waals surface area contributed by atoms with Crippen LogP contribution in [0.4, 0.5) is 0 Å². The third kappa shape index (κ3) is 1.21. The minimum atomic E-state index is 0.317. The lowest BCUT2D eigenvalue weighted by atomic mass is 9.65. The van der Waals surface area contributed by atoms with E-state index >= 15 is 0 Å². The van der Waals surface area contributed by atoms with Gasteiger partial charge in [-0.2, -0.15) is 0 Å². The van der Waals surface area contributed by atoms with Crippen molar-refractivity contribution in [2.24, 2.45) is 17.8 Å². The van der Waals surface area contributed by atoms with Crippen LogP contribution in [-0.2, 0) is 4.79 Å². The molecule has 0 amide bonds. The summed E-state index contributed by atoms with van der Waals surface area (Å²) in [6, 6.07) is 0. The second-order valence-corrected chi connectivity index (χ2v) is 4.03. The Hall–Kier alpha value is -0.330. The van der Waals surface area contributed by atoms with Crippen molar-refractivity contribution in [1.82, 2.24) is 0 Å². The number of hydrogen-bond acceptors (Lipinski definition) is 1. The first-order valence-corrected chi connectivity index (χ1v) is 4.79. The Morgan fingerprint density at radius 1 is 0.909 bits per heavy atom. The van der Waals surface area contributed by atoms with Crippen molar-refractivity contribution in [3.63, 3.8) is 0 Å². The van der Waals surface area contributed by atoms with Crippen molar-refractivity contribution < 1.29 is 4.79 Å². The van der Waals surface area contributed by atoms with E-state index in [0.29, 0.717) is 17.8 Å². The molecule has 1 heteroatoms. The van der Waals surface area contributed by atoms with Gasteiger partial charge in [0.05, 0.1) is 0 Å². The Bertz CT molecular complexity index is 131. The molecule has 2 saturated carbocycles. The van der Waals surface area contributed by atoms with Crippen LogP contribution in [-0.4, -0.2) is 6.29 Å². The molecule has 1 nitrogen and oxygen atoms in total. The molecule has 0 aromatic carbocycles. The summed E-state index contributed by atoms with van der Waals surface area (Å²) in [6.07, 6.45) is 10.1. The van der Waals surface area contributed by atoms with Crippen molar-refractivity contribution in [3.05, 3.63) is 0 Å². The zero-order chi connectivity index (χ0) is 7.68. The molecule has 61 valence electrons. The summed E-state index contributed by atoms with van der Waals surface area (Å²) in [5.41, 5.74) is 0. The molecule has 2 bridgehead atoms. The standard InChI is InChI=1S/C10H15O/c11-7-10-8-3-1-4-9(10)6-2-5-8/h8-10H,1-6H2. The Kier molecular flexibility index (Phi) is 1.97. The molecule has 0 spiro atoms. The van der Waals surface area contributed by atoms with Crippen LogP contribution in [0.15, 0.2) is 0 Å². The zero-order valence-corrected chi connectivity index (χ0v) is 6.88. The topological polar surface area (TPSA) is 17.1 Å². The molecular formula is C10H15O. The van der Waals surface area contributed by atoms with Gasteiger partial charge >= 0.3 is 0 Å². The average Bonchev–Trinajstić information content (AvgIpc) is 2.03. The van der Waals surface area contributed by atoms with Crippen LogP contribution in [0, 0.1) is 17.8 Å². The molecule has 2 fully saturated rings. The fraction of sp³-hybridized carbons (Fsp3) is 0.900. The molecular weight excluding hydrogens is 136 g/mol. The SMILES string of the molecule is O=[C]C1C2CCCC1CCC2. The van der Waals surface area contributed by atoms with E-state index in [0.717, 1.165) is 0 Å². The Labute approximate surface area is 68.2 Å². The van der Waals surface area contributed by atoms with Gasteiger partial charge in [-0.25, -0.2) is 0 Å². The van der Waals surface area contributed by atoms with Gasteiger partial charge in [-0.15, -0.1) is 0 Å². The third-order valence-electron chi connectivity index (χ3n) is 3.45. The van der Waals surface area contributed by atoms with Gasteiger partial charge in [0.2, 0.25) is 6.29 Å². The summed E-state index contributed by atoms with van der Waals surface area (Å²) in [5, 5.41) is 0. The minimum absolute atomic E-state index is 0.317. The van der Waals surface area contributed by atoms with Gasteiger partial charge < -0.3 is 0 Å². The van der Waals surface area contributed by atoms with Crippen LogP contribution in [0.3, 0.4) is 0 Å². The van der Waals surface area contributed by atoms with E-state index in [2.05, 4.69) is 6.29 Å². The van der Waals surface area contributed by atoms with Crippen LogP contribution < -0.4 is 0 Å². The lowest BCUT2D eigenvalue weighted by molar-refractivity contribution is 0.139. The van der Waals surface area contributed by atoms with Crippen LogP contribution in [0.1, 0.15) is 38.5 Å². The second kappa shape index (κ2) is 2.96. The van der Waals surface area contributed by atoms with E-state index in [1.165, 1.54) is 38.5 Å². The minimum Gasteiger partial charge on any atom is -0.291 e. The smallest absolute Gasteiger partial charge is 0.202 e. The number of carbonyl (C=O) groups excluding carboxylic acids is 1. The van der Waals surface area contributed by atoms with Gasteiger partial charge in [0, 0.05) is 5.92 Å². The number of fused-ring (bicyclic) bond motifs is 2. The van der Waals surface area contributed by atoms with Crippen molar-refractivity contribution in [1.29, 1.82) is 0 Å². The first kappa shape index (κ1) is 7.33. The summed E-state index contributed by atoms with van der Waals surface area (Å²) >= 11 is 0. The maximum absolute atomic E-state index is 10.6. The van der Waals surface area contributed by atoms with Crippen LogP contribution >= 0.6 is 0 Å². The van der Waals surface area contributed by atoms with Gasteiger partial charge in [0.25, 0.3) is 0 Å². The van der Waals surface area contributed by atoms with Crippen molar-refractivity contribution >= 4 is 6.29 Å². The molecule has 2 rings (SSSR count). The summed E-state index contributed by atoms with van der Waals surface area (Å²) < 4.78 is 0. The van der Waals surface area contributed by atoms with Gasteiger partial charge in [-0.05, 0) is 37.5 Å². The molecule has 0 aromatic heterocycles. The van der Waals surface area contributed by atoms with Crippen molar-refractivity contribution in [2.75, 3.05) is 0 Å². The van der Waals surface area contributed by atoms with Gasteiger partial charge in [-0.1, -0.05) is 12.8 Å². The summed E-state index contributed by atoms with van der Waals surface area (Å²) in [4.78, 5) is 10.6. The maximum atomic E-state index is 10.6. The number of hydrogen-bond donors (Lipinski definition) is 0. The fourth-order valence-electron chi connectivity index (χ4n) is 2.87. The van der Waals surface area contributed by atoms with Crippen molar-refractivity contribution in [3.8, 4) is 0 Å². The average molecular weight is 151 g/mol. The Balaban J connectivity index is 2.10. The highest BCUT2D eigenvalue weighted by atomic mass is 16.1. The first-order valence-electron chi connectivity index (χ1n) is 4.79. The summed E-state index contributed by atoms with van der Waals surface area (Å²) in [7, 11) is 0.